The first-order chi connectivity index (χ1) is 12.9. The number of halogens is 1. The van der Waals surface area contributed by atoms with Crippen molar-refractivity contribution >= 4 is 11.9 Å². The van der Waals surface area contributed by atoms with E-state index in [4.69, 9.17) is 4.74 Å². The Balaban J connectivity index is 1.89. The van der Waals surface area contributed by atoms with Crippen molar-refractivity contribution in [2.75, 3.05) is 27.2 Å². The predicted molar refractivity (Wildman–Crippen MR) is 105 cm³/mol. The summed E-state index contributed by atoms with van der Waals surface area (Å²) in [6.07, 6.45) is 5.80. The molecule has 1 aromatic carbocycles. The van der Waals surface area contributed by atoms with Crippen molar-refractivity contribution in [3.63, 3.8) is 0 Å². The molecule has 150 valence electrons. The molecule has 0 saturated heterocycles. The molecule has 1 unspecified atom stereocenters. The van der Waals surface area contributed by atoms with Gasteiger partial charge in [0.1, 0.15) is 24.2 Å². The highest BCUT2D eigenvalue weighted by molar-refractivity contribution is 5.84. The molecule has 0 aromatic heterocycles. The predicted octanol–water partition coefficient (Wildman–Crippen LogP) is 2.55. The lowest BCUT2D eigenvalue weighted by atomic mass is 9.96. The lowest BCUT2D eigenvalue weighted by molar-refractivity contribution is -0.127. The third kappa shape index (κ3) is 7.85. The third-order valence-corrected chi connectivity index (χ3v) is 4.53. The zero-order valence-corrected chi connectivity index (χ0v) is 16.5. The zero-order valence-electron chi connectivity index (χ0n) is 16.5. The number of ether oxygens (including phenoxy) is 1. The fourth-order valence-corrected chi connectivity index (χ4v) is 2.91. The van der Waals surface area contributed by atoms with Gasteiger partial charge in [-0.3, -0.25) is 4.79 Å². The van der Waals surface area contributed by atoms with E-state index >= 15 is 0 Å². The van der Waals surface area contributed by atoms with Crippen LogP contribution in [0.1, 0.15) is 39.0 Å². The molecule has 0 bridgehead atoms. The van der Waals surface area contributed by atoms with Crippen molar-refractivity contribution in [1.82, 2.24) is 15.5 Å². The summed E-state index contributed by atoms with van der Waals surface area (Å²) in [7, 11) is 3.44. The largest absolute Gasteiger partial charge is 0.489 e. The van der Waals surface area contributed by atoms with E-state index in [1.807, 2.05) is 6.92 Å². The van der Waals surface area contributed by atoms with Gasteiger partial charge in [0.2, 0.25) is 5.91 Å². The summed E-state index contributed by atoms with van der Waals surface area (Å²) < 4.78 is 18.8. The van der Waals surface area contributed by atoms with Crippen LogP contribution in [0.3, 0.4) is 0 Å². The van der Waals surface area contributed by atoms with E-state index in [0.29, 0.717) is 24.3 Å². The van der Waals surface area contributed by atoms with Gasteiger partial charge >= 0.3 is 0 Å². The second-order valence-electron chi connectivity index (χ2n) is 7.20. The Kier molecular flexibility index (Phi) is 8.36. The monoisotopic (exact) mass is 378 g/mol. The van der Waals surface area contributed by atoms with Crippen LogP contribution in [0.15, 0.2) is 29.3 Å². The minimum atomic E-state index is -0.287. The van der Waals surface area contributed by atoms with Gasteiger partial charge in [-0.05, 0) is 44.0 Å². The number of benzene rings is 1. The minimum absolute atomic E-state index is 0.0460. The summed E-state index contributed by atoms with van der Waals surface area (Å²) in [5.41, 5.74) is 0. The number of carbonyl (C=O) groups is 1. The summed E-state index contributed by atoms with van der Waals surface area (Å²) in [6.45, 7) is 2.55. The number of likely N-dealkylation sites (N-methyl/N-ethyl adjacent to an activating group) is 1. The molecule has 1 atom stereocenters. The Bertz CT molecular complexity index is 613. The Morgan fingerprint density at radius 2 is 1.93 bits per heavy atom. The highest BCUT2D eigenvalue weighted by atomic mass is 19.1. The number of nitrogens with one attached hydrogen (secondary N) is 2. The molecule has 2 rings (SSSR count). The van der Waals surface area contributed by atoms with Crippen LogP contribution in [0.4, 0.5) is 4.39 Å². The SMILES string of the molecule is CC(CNC(=NCC(=O)N(C)C)NC1CCCCC1)Oc1ccc(F)cc1. The molecule has 1 aliphatic carbocycles. The maximum atomic E-state index is 13.0. The molecule has 1 amide bonds. The first-order valence-corrected chi connectivity index (χ1v) is 9.61. The van der Waals surface area contributed by atoms with Gasteiger partial charge in [-0.1, -0.05) is 19.3 Å². The van der Waals surface area contributed by atoms with Crippen LogP contribution in [0.5, 0.6) is 5.75 Å². The molecule has 7 heteroatoms. The maximum absolute atomic E-state index is 13.0. The molecule has 1 aromatic rings. The number of nitrogens with zero attached hydrogens (tertiary/aromatic N) is 2. The lowest BCUT2D eigenvalue weighted by Gasteiger charge is -2.26. The normalized spacial score (nSPS) is 16.5. The van der Waals surface area contributed by atoms with Gasteiger partial charge in [-0.25, -0.2) is 9.38 Å². The van der Waals surface area contributed by atoms with Crippen molar-refractivity contribution < 1.29 is 13.9 Å². The number of hydrogen-bond donors (Lipinski definition) is 2. The summed E-state index contributed by atoms with van der Waals surface area (Å²) >= 11 is 0. The average molecular weight is 378 g/mol. The Labute approximate surface area is 161 Å². The Morgan fingerprint density at radius 3 is 2.56 bits per heavy atom. The van der Waals surface area contributed by atoms with Gasteiger partial charge in [-0.15, -0.1) is 0 Å². The Morgan fingerprint density at radius 1 is 1.26 bits per heavy atom. The van der Waals surface area contributed by atoms with Crippen molar-refractivity contribution in [2.24, 2.45) is 4.99 Å². The highest BCUT2D eigenvalue weighted by Gasteiger charge is 2.16. The quantitative estimate of drug-likeness (QED) is 0.565. The summed E-state index contributed by atoms with van der Waals surface area (Å²) in [4.78, 5) is 17.8. The lowest BCUT2D eigenvalue weighted by Crippen LogP contribution is -2.47. The van der Waals surface area contributed by atoms with E-state index in [1.165, 1.54) is 36.3 Å². The van der Waals surface area contributed by atoms with Crippen LogP contribution in [0, 0.1) is 5.82 Å². The van der Waals surface area contributed by atoms with Crippen molar-refractivity contribution in [3.8, 4) is 5.75 Å². The van der Waals surface area contributed by atoms with Gasteiger partial charge in [0.15, 0.2) is 5.96 Å². The Hall–Kier alpha value is -2.31. The summed E-state index contributed by atoms with van der Waals surface area (Å²) in [5, 5.41) is 6.70. The van der Waals surface area contributed by atoms with Gasteiger partial charge in [0.05, 0.1) is 6.54 Å². The van der Waals surface area contributed by atoms with E-state index < -0.39 is 0 Å². The van der Waals surface area contributed by atoms with Gasteiger partial charge < -0.3 is 20.3 Å². The molecule has 0 heterocycles. The highest BCUT2D eigenvalue weighted by Crippen LogP contribution is 2.17. The number of rotatable bonds is 7. The fourth-order valence-electron chi connectivity index (χ4n) is 2.91. The molecular weight excluding hydrogens is 347 g/mol. The minimum Gasteiger partial charge on any atom is -0.489 e. The number of aliphatic imine (C=N–C) groups is 1. The molecule has 2 N–H and O–H groups in total. The van der Waals surface area contributed by atoms with Gasteiger partial charge in [-0.2, -0.15) is 0 Å². The van der Waals surface area contributed by atoms with E-state index in [2.05, 4.69) is 15.6 Å². The molecule has 0 radical (unpaired) electrons. The fraction of sp³-hybridized carbons (Fsp3) is 0.600. The van der Waals surface area contributed by atoms with Crippen LogP contribution in [0.25, 0.3) is 0 Å². The van der Waals surface area contributed by atoms with Crippen molar-refractivity contribution in [1.29, 1.82) is 0 Å². The number of carbonyl (C=O) groups excluding carboxylic acids is 1. The van der Waals surface area contributed by atoms with Crippen LogP contribution in [-0.4, -0.2) is 56.1 Å². The van der Waals surface area contributed by atoms with Crippen molar-refractivity contribution in [3.05, 3.63) is 30.1 Å². The van der Waals surface area contributed by atoms with Crippen LogP contribution in [-0.2, 0) is 4.79 Å². The molecule has 1 fully saturated rings. The number of amides is 1. The molecule has 0 spiro atoms. The first kappa shape index (κ1) is 21.0. The van der Waals surface area contributed by atoms with Crippen molar-refractivity contribution in [2.45, 2.75) is 51.2 Å². The maximum Gasteiger partial charge on any atom is 0.243 e. The van der Waals surface area contributed by atoms with E-state index in [1.54, 1.807) is 26.2 Å². The molecule has 1 aliphatic rings. The van der Waals surface area contributed by atoms with Crippen LogP contribution in [0.2, 0.25) is 0 Å². The zero-order chi connectivity index (χ0) is 19.6. The molecule has 27 heavy (non-hydrogen) atoms. The van der Waals surface area contributed by atoms with E-state index in [-0.39, 0.29) is 24.4 Å². The second-order valence-corrected chi connectivity index (χ2v) is 7.20. The third-order valence-electron chi connectivity index (χ3n) is 4.53. The summed E-state index contributed by atoms with van der Waals surface area (Å²) in [6, 6.07) is 6.35. The van der Waals surface area contributed by atoms with Crippen LogP contribution < -0.4 is 15.4 Å². The average Bonchev–Trinajstić information content (AvgIpc) is 2.66. The molecular formula is C20H31FN4O2. The smallest absolute Gasteiger partial charge is 0.243 e. The number of guanidine groups is 1. The standard InChI is InChI=1S/C20H31FN4O2/c1-15(27-18-11-9-16(21)10-12-18)13-22-20(23-14-19(26)25(2)3)24-17-7-5-4-6-8-17/h9-12,15,17H,4-8,13-14H2,1-3H3,(H2,22,23,24). The number of hydrogen-bond acceptors (Lipinski definition) is 3. The van der Waals surface area contributed by atoms with E-state index in [0.717, 1.165) is 12.8 Å². The van der Waals surface area contributed by atoms with Gasteiger partial charge in [0, 0.05) is 20.1 Å². The topological polar surface area (TPSA) is 66.0 Å². The summed E-state index contributed by atoms with van der Waals surface area (Å²) in [5.74, 6) is 0.916. The molecule has 1 saturated carbocycles. The molecule has 6 nitrogen and oxygen atoms in total. The first-order valence-electron chi connectivity index (χ1n) is 9.61. The van der Waals surface area contributed by atoms with E-state index in [9.17, 15) is 9.18 Å². The van der Waals surface area contributed by atoms with Gasteiger partial charge in [0.25, 0.3) is 0 Å². The second kappa shape index (κ2) is 10.7. The van der Waals surface area contributed by atoms with Crippen LogP contribution >= 0.6 is 0 Å². The molecule has 0 aliphatic heterocycles.